The molecule has 25 heavy (non-hydrogen) atoms. The maximum Gasteiger partial charge on any atom is 0.221 e. The van der Waals surface area contributed by atoms with Crippen LogP contribution < -0.4 is 24.8 Å². The molecule has 2 aromatic rings. The van der Waals surface area contributed by atoms with E-state index >= 15 is 0 Å². The van der Waals surface area contributed by atoms with E-state index in [1.807, 2.05) is 25.1 Å². The van der Waals surface area contributed by atoms with Crippen LogP contribution in [0, 0.1) is 6.92 Å². The average molecular weight is 342 g/mol. The van der Waals surface area contributed by atoms with Gasteiger partial charge in [-0.1, -0.05) is 0 Å². The van der Waals surface area contributed by atoms with E-state index in [1.54, 1.807) is 6.20 Å². The Kier molecular flexibility index (Phi) is 4.21. The summed E-state index contributed by atoms with van der Waals surface area (Å²) in [6, 6.07) is 5.76. The van der Waals surface area contributed by atoms with E-state index in [4.69, 9.17) is 19.9 Å². The highest BCUT2D eigenvalue weighted by Gasteiger charge is 2.23. The Morgan fingerprint density at radius 2 is 1.92 bits per heavy atom. The number of fused-ring (bicyclic) bond motifs is 1. The quantitative estimate of drug-likeness (QED) is 0.915. The normalized spacial score (nSPS) is 17.4. The number of nitrogen functional groups attached to an aromatic ring is 1. The monoisotopic (exact) mass is 342 g/mol. The minimum absolute atomic E-state index is 0.179. The second-order valence-corrected chi connectivity index (χ2v) is 6.34. The van der Waals surface area contributed by atoms with Crippen LogP contribution in [0.1, 0.15) is 18.4 Å². The molecule has 7 heteroatoms. The minimum Gasteiger partial charge on any atom is -0.490 e. The molecule has 0 aliphatic carbocycles. The molecule has 2 aliphatic heterocycles. The van der Waals surface area contributed by atoms with Gasteiger partial charge in [0.1, 0.15) is 30.9 Å². The third-order valence-corrected chi connectivity index (χ3v) is 4.52. The van der Waals surface area contributed by atoms with Crippen molar-refractivity contribution in [1.82, 2.24) is 9.97 Å². The van der Waals surface area contributed by atoms with Gasteiger partial charge in [0.15, 0.2) is 11.5 Å². The first-order chi connectivity index (χ1) is 12.2. The van der Waals surface area contributed by atoms with Gasteiger partial charge in [0, 0.05) is 43.8 Å². The summed E-state index contributed by atoms with van der Waals surface area (Å²) in [5, 5.41) is 0. The van der Waals surface area contributed by atoms with Crippen molar-refractivity contribution in [3.8, 4) is 17.2 Å². The Morgan fingerprint density at radius 3 is 2.72 bits per heavy atom. The van der Waals surface area contributed by atoms with Crippen LogP contribution in [-0.2, 0) is 0 Å². The summed E-state index contributed by atoms with van der Waals surface area (Å²) in [7, 11) is 0. The van der Waals surface area contributed by atoms with Gasteiger partial charge in [-0.15, -0.1) is 0 Å². The molecule has 1 aromatic carbocycles. The molecule has 0 saturated carbocycles. The van der Waals surface area contributed by atoms with Gasteiger partial charge in [-0.3, -0.25) is 0 Å². The van der Waals surface area contributed by atoms with Gasteiger partial charge in [-0.2, -0.15) is 4.98 Å². The lowest BCUT2D eigenvalue weighted by atomic mass is 10.1. The maximum atomic E-state index is 6.14. The molecule has 1 saturated heterocycles. The Bertz CT molecular complexity index is 760. The molecule has 3 heterocycles. The van der Waals surface area contributed by atoms with E-state index in [-0.39, 0.29) is 6.10 Å². The van der Waals surface area contributed by atoms with Crippen LogP contribution in [0.15, 0.2) is 24.4 Å². The number of nitrogens with zero attached hydrogens (tertiary/aromatic N) is 3. The van der Waals surface area contributed by atoms with Crippen LogP contribution in [0.25, 0.3) is 0 Å². The van der Waals surface area contributed by atoms with Gasteiger partial charge in [0.25, 0.3) is 0 Å². The number of nitrogens with two attached hydrogens (primary N) is 1. The fraction of sp³-hybridized carbons (Fsp3) is 0.444. The molecule has 0 radical (unpaired) electrons. The first-order valence-electron chi connectivity index (χ1n) is 8.59. The molecule has 0 atom stereocenters. The largest absolute Gasteiger partial charge is 0.490 e. The van der Waals surface area contributed by atoms with Crippen molar-refractivity contribution in [1.29, 1.82) is 0 Å². The summed E-state index contributed by atoms with van der Waals surface area (Å²) in [5.41, 5.74) is 6.77. The number of rotatable bonds is 3. The van der Waals surface area contributed by atoms with Crippen molar-refractivity contribution in [3.05, 3.63) is 30.0 Å². The van der Waals surface area contributed by atoms with Crippen LogP contribution >= 0.6 is 0 Å². The highest BCUT2D eigenvalue weighted by Crippen LogP contribution is 2.34. The first-order valence-corrected chi connectivity index (χ1v) is 8.59. The van der Waals surface area contributed by atoms with Crippen molar-refractivity contribution in [2.45, 2.75) is 25.9 Å². The maximum absolute atomic E-state index is 6.14. The fourth-order valence-corrected chi connectivity index (χ4v) is 3.24. The van der Waals surface area contributed by atoms with Crippen LogP contribution in [0.4, 0.5) is 11.8 Å². The van der Waals surface area contributed by atoms with Crippen LogP contribution in [0.2, 0.25) is 0 Å². The molecule has 2 N–H and O–H groups in total. The highest BCUT2D eigenvalue weighted by atomic mass is 16.6. The van der Waals surface area contributed by atoms with Crippen LogP contribution in [-0.4, -0.2) is 42.4 Å². The summed E-state index contributed by atoms with van der Waals surface area (Å²) in [6.45, 7) is 4.94. The molecule has 132 valence electrons. The number of piperidine rings is 1. The second kappa shape index (κ2) is 6.66. The number of aryl methyl sites for hydroxylation is 1. The molecular weight excluding hydrogens is 320 g/mol. The zero-order valence-corrected chi connectivity index (χ0v) is 14.3. The molecule has 0 amide bonds. The van der Waals surface area contributed by atoms with E-state index < -0.39 is 0 Å². The Hall–Kier alpha value is -2.70. The smallest absolute Gasteiger partial charge is 0.221 e. The van der Waals surface area contributed by atoms with E-state index in [0.717, 1.165) is 54.6 Å². The number of hydrogen-bond donors (Lipinski definition) is 1. The summed E-state index contributed by atoms with van der Waals surface area (Å²) in [4.78, 5) is 10.7. The second-order valence-electron chi connectivity index (χ2n) is 6.34. The van der Waals surface area contributed by atoms with Crippen molar-refractivity contribution in [3.63, 3.8) is 0 Å². The number of hydrogen-bond acceptors (Lipinski definition) is 7. The lowest BCUT2D eigenvalue weighted by Crippen LogP contribution is -2.39. The predicted molar refractivity (Wildman–Crippen MR) is 94.5 cm³/mol. The van der Waals surface area contributed by atoms with Gasteiger partial charge in [-0.05, 0) is 19.1 Å². The fourth-order valence-electron chi connectivity index (χ4n) is 3.24. The highest BCUT2D eigenvalue weighted by molar-refractivity contribution is 5.48. The molecule has 4 rings (SSSR count). The lowest BCUT2D eigenvalue weighted by molar-refractivity contribution is 0.159. The van der Waals surface area contributed by atoms with E-state index in [0.29, 0.717) is 19.2 Å². The van der Waals surface area contributed by atoms with Crippen molar-refractivity contribution in [2.75, 3.05) is 36.9 Å². The Morgan fingerprint density at radius 1 is 1.16 bits per heavy atom. The van der Waals surface area contributed by atoms with Gasteiger partial charge >= 0.3 is 0 Å². The van der Waals surface area contributed by atoms with Gasteiger partial charge in [0.05, 0.1) is 0 Å². The zero-order valence-electron chi connectivity index (χ0n) is 14.3. The topological polar surface area (TPSA) is 82.7 Å². The van der Waals surface area contributed by atoms with Crippen molar-refractivity contribution >= 4 is 11.8 Å². The number of aromatic nitrogens is 2. The van der Waals surface area contributed by atoms with Crippen molar-refractivity contribution < 1.29 is 14.2 Å². The molecule has 0 unspecified atom stereocenters. The Balaban J connectivity index is 1.38. The van der Waals surface area contributed by atoms with E-state index in [2.05, 4.69) is 14.9 Å². The lowest BCUT2D eigenvalue weighted by Gasteiger charge is -2.33. The number of benzene rings is 1. The standard InChI is InChI=1S/C18H22N4O3/c1-12-11-20-18(19)21-17(12)22-6-4-13(5-7-22)25-14-2-3-15-16(10-14)24-9-8-23-15/h2-3,10-11,13H,4-9H2,1H3,(H2,19,20,21). The minimum atomic E-state index is 0.179. The first kappa shape index (κ1) is 15.8. The molecule has 7 nitrogen and oxygen atoms in total. The number of anilines is 2. The zero-order chi connectivity index (χ0) is 17.2. The van der Waals surface area contributed by atoms with Crippen molar-refractivity contribution in [2.24, 2.45) is 0 Å². The van der Waals surface area contributed by atoms with Gasteiger partial charge in [0.2, 0.25) is 5.95 Å². The van der Waals surface area contributed by atoms with E-state index in [9.17, 15) is 0 Å². The predicted octanol–water partition coefficient (Wildman–Crippen LogP) is 2.19. The number of ether oxygens (including phenoxy) is 3. The summed E-state index contributed by atoms with van der Waals surface area (Å²) < 4.78 is 17.3. The average Bonchev–Trinajstić information content (AvgIpc) is 2.64. The molecule has 1 fully saturated rings. The molecule has 1 aromatic heterocycles. The molecule has 0 spiro atoms. The molecule has 2 aliphatic rings. The SMILES string of the molecule is Cc1cnc(N)nc1N1CCC(Oc2ccc3c(c2)OCCO3)CC1. The molecule has 0 bridgehead atoms. The Labute approximate surface area is 146 Å². The summed E-state index contributed by atoms with van der Waals surface area (Å²) in [6.07, 6.45) is 3.81. The van der Waals surface area contributed by atoms with E-state index in [1.165, 1.54) is 0 Å². The molecular formula is C18H22N4O3. The van der Waals surface area contributed by atoms with Gasteiger partial charge < -0.3 is 24.8 Å². The van der Waals surface area contributed by atoms with Crippen LogP contribution in [0.3, 0.4) is 0 Å². The summed E-state index contributed by atoms with van der Waals surface area (Å²) in [5.74, 6) is 3.60. The van der Waals surface area contributed by atoms with Gasteiger partial charge in [-0.25, -0.2) is 4.98 Å². The van der Waals surface area contributed by atoms with Crippen LogP contribution in [0.5, 0.6) is 17.2 Å². The summed E-state index contributed by atoms with van der Waals surface area (Å²) >= 11 is 0. The third kappa shape index (κ3) is 3.40. The third-order valence-electron chi connectivity index (χ3n) is 4.52.